The third-order valence-corrected chi connectivity index (χ3v) is 5.13. The van der Waals surface area contributed by atoms with Crippen molar-refractivity contribution in [1.82, 2.24) is 4.31 Å². The van der Waals surface area contributed by atoms with Crippen LogP contribution in [0.2, 0.25) is 0 Å². The zero-order valence-corrected chi connectivity index (χ0v) is 13.0. The average Bonchev–Trinajstić information content (AvgIpc) is 2.48. The van der Waals surface area contributed by atoms with Gasteiger partial charge in [-0.2, -0.15) is 25.9 Å². The van der Waals surface area contributed by atoms with Gasteiger partial charge in [-0.05, 0) is 31.0 Å². The van der Waals surface area contributed by atoms with Crippen LogP contribution in [0.4, 0.5) is 23.2 Å². The molecule has 0 saturated carbocycles. The van der Waals surface area contributed by atoms with Gasteiger partial charge in [0.15, 0.2) is 0 Å². The lowest BCUT2D eigenvalue weighted by atomic mass is 10.1. The van der Waals surface area contributed by atoms with Crippen LogP contribution in [0.15, 0.2) is 18.2 Å². The molecule has 0 aliphatic carbocycles. The van der Waals surface area contributed by atoms with E-state index in [0.29, 0.717) is 25.0 Å². The Morgan fingerprint density at radius 1 is 1.26 bits per heavy atom. The van der Waals surface area contributed by atoms with Crippen molar-refractivity contribution in [1.29, 1.82) is 0 Å². The number of nitrogens with one attached hydrogen (secondary N) is 1. The quantitative estimate of drug-likeness (QED) is 0.844. The first-order valence-electron chi connectivity index (χ1n) is 6.81. The fourth-order valence-electron chi connectivity index (χ4n) is 2.33. The summed E-state index contributed by atoms with van der Waals surface area (Å²) >= 11 is 0. The first-order chi connectivity index (χ1) is 10.6. The van der Waals surface area contributed by atoms with E-state index in [-0.39, 0.29) is 24.9 Å². The van der Waals surface area contributed by atoms with Crippen LogP contribution in [0.25, 0.3) is 0 Å². The number of piperidine rings is 1. The monoisotopic (exact) mass is 356 g/mol. The average molecular weight is 356 g/mol. The van der Waals surface area contributed by atoms with Crippen molar-refractivity contribution in [2.45, 2.75) is 25.1 Å². The number of benzene rings is 1. The Kier molecular flexibility index (Phi) is 5.17. The van der Waals surface area contributed by atoms with Crippen LogP contribution in [0.5, 0.6) is 0 Å². The number of ether oxygens (including phenoxy) is 1. The Labute approximate surface area is 131 Å². The van der Waals surface area contributed by atoms with Crippen LogP contribution in [0.3, 0.4) is 0 Å². The molecule has 1 heterocycles. The summed E-state index contributed by atoms with van der Waals surface area (Å²) in [6.45, 7) is 0.391. The smallest absolute Gasteiger partial charge is 0.381 e. The number of nitrogens with zero attached hydrogens (tertiary/aromatic N) is 1. The molecule has 130 valence electrons. The number of alkyl halides is 3. The second-order valence-electron chi connectivity index (χ2n) is 5.13. The predicted octanol–water partition coefficient (Wildman–Crippen LogP) is 2.61. The normalized spacial score (nSPS) is 18.1. The van der Waals surface area contributed by atoms with Gasteiger partial charge in [-0.15, -0.1) is 0 Å². The molecule has 1 aliphatic heterocycles. The molecule has 0 radical (unpaired) electrons. The number of rotatable bonds is 4. The van der Waals surface area contributed by atoms with Crippen molar-refractivity contribution < 1.29 is 30.7 Å². The van der Waals surface area contributed by atoms with E-state index in [1.54, 1.807) is 0 Å². The summed E-state index contributed by atoms with van der Waals surface area (Å²) in [5.41, 5.74) is -1.86. The van der Waals surface area contributed by atoms with Gasteiger partial charge in [0.1, 0.15) is 5.82 Å². The molecule has 0 atom stereocenters. The van der Waals surface area contributed by atoms with Gasteiger partial charge in [-0.25, -0.2) is 4.39 Å². The SMILES string of the molecule is COC1CCN(S(=O)(=O)Nc2ccc(F)c(C(F)(F)F)c2)CC1. The molecule has 10 heteroatoms. The molecule has 1 aromatic rings. The molecule has 2 rings (SSSR count). The van der Waals surface area contributed by atoms with Crippen molar-refractivity contribution in [3.8, 4) is 0 Å². The molecule has 5 nitrogen and oxygen atoms in total. The predicted molar refractivity (Wildman–Crippen MR) is 75.5 cm³/mol. The maximum absolute atomic E-state index is 13.2. The van der Waals surface area contributed by atoms with E-state index >= 15 is 0 Å². The molecule has 0 aromatic heterocycles. The maximum atomic E-state index is 13.2. The van der Waals surface area contributed by atoms with Gasteiger partial charge in [-0.3, -0.25) is 4.72 Å². The summed E-state index contributed by atoms with van der Waals surface area (Å²) in [6.07, 6.45) is -3.95. The highest BCUT2D eigenvalue weighted by molar-refractivity contribution is 7.90. The first kappa shape index (κ1) is 18.0. The lowest BCUT2D eigenvalue weighted by molar-refractivity contribution is -0.139. The van der Waals surface area contributed by atoms with E-state index in [1.165, 1.54) is 7.11 Å². The second kappa shape index (κ2) is 6.62. The second-order valence-corrected chi connectivity index (χ2v) is 6.80. The first-order valence-corrected chi connectivity index (χ1v) is 8.25. The van der Waals surface area contributed by atoms with Gasteiger partial charge in [0.05, 0.1) is 17.4 Å². The standard InChI is InChI=1S/C13H16F4N2O3S/c1-22-10-4-6-19(7-5-10)23(20,21)18-9-2-3-12(14)11(8-9)13(15,16)17/h2-3,8,10,18H,4-7H2,1H3. The molecule has 0 unspecified atom stereocenters. The molecule has 1 saturated heterocycles. The summed E-state index contributed by atoms with van der Waals surface area (Å²) in [6, 6.07) is 1.97. The van der Waals surface area contributed by atoms with E-state index in [1.807, 2.05) is 0 Å². The Hall–Kier alpha value is -1.39. The number of hydrogen-bond donors (Lipinski definition) is 1. The zero-order valence-electron chi connectivity index (χ0n) is 12.2. The minimum Gasteiger partial charge on any atom is -0.381 e. The van der Waals surface area contributed by atoms with E-state index in [9.17, 15) is 26.0 Å². The van der Waals surface area contributed by atoms with E-state index in [4.69, 9.17) is 4.74 Å². The van der Waals surface area contributed by atoms with Crippen LogP contribution >= 0.6 is 0 Å². The summed E-state index contributed by atoms with van der Waals surface area (Å²) in [7, 11) is -2.47. The highest BCUT2D eigenvalue weighted by atomic mass is 32.2. The molecule has 0 amide bonds. The summed E-state index contributed by atoms with van der Waals surface area (Å²) in [4.78, 5) is 0. The lowest BCUT2D eigenvalue weighted by Gasteiger charge is -2.30. The van der Waals surface area contributed by atoms with Crippen molar-refractivity contribution >= 4 is 15.9 Å². The number of halogens is 4. The van der Waals surface area contributed by atoms with Crippen molar-refractivity contribution in [3.63, 3.8) is 0 Å². The molecule has 1 fully saturated rings. The third kappa shape index (κ3) is 4.33. The molecule has 23 heavy (non-hydrogen) atoms. The van der Waals surface area contributed by atoms with E-state index < -0.39 is 27.8 Å². The highest BCUT2D eigenvalue weighted by Gasteiger charge is 2.35. The Bertz CT molecular complexity index is 656. The third-order valence-electron chi connectivity index (χ3n) is 3.59. The molecule has 1 N–H and O–H groups in total. The van der Waals surface area contributed by atoms with Gasteiger partial charge < -0.3 is 4.74 Å². The lowest BCUT2D eigenvalue weighted by Crippen LogP contribution is -2.43. The molecule has 1 aliphatic rings. The molecule has 1 aromatic carbocycles. The van der Waals surface area contributed by atoms with Gasteiger partial charge in [-0.1, -0.05) is 0 Å². The Balaban J connectivity index is 2.15. The van der Waals surface area contributed by atoms with Crippen molar-refractivity contribution in [2.24, 2.45) is 0 Å². The molecular weight excluding hydrogens is 340 g/mol. The number of hydrogen-bond acceptors (Lipinski definition) is 3. The number of anilines is 1. The van der Waals surface area contributed by atoms with E-state index in [0.717, 1.165) is 10.4 Å². The van der Waals surface area contributed by atoms with Crippen LogP contribution in [-0.4, -0.2) is 39.0 Å². The summed E-state index contributed by atoms with van der Waals surface area (Å²) < 4.78 is 83.9. The van der Waals surface area contributed by atoms with Crippen LogP contribution < -0.4 is 4.72 Å². The van der Waals surface area contributed by atoms with Crippen LogP contribution in [-0.2, 0) is 21.1 Å². The molecule has 0 spiro atoms. The minimum absolute atomic E-state index is 0.0379. The van der Waals surface area contributed by atoms with Crippen LogP contribution in [0, 0.1) is 5.82 Å². The fraction of sp³-hybridized carbons (Fsp3) is 0.538. The number of methoxy groups -OCH3 is 1. The van der Waals surface area contributed by atoms with Crippen molar-refractivity contribution in [3.05, 3.63) is 29.6 Å². The Morgan fingerprint density at radius 2 is 1.87 bits per heavy atom. The largest absolute Gasteiger partial charge is 0.419 e. The Morgan fingerprint density at radius 3 is 2.39 bits per heavy atom. The fourth-order valence-corrected chi connectivity index (χ4v) is 3.57. The van der Waals surface area contributed by atoms with Gasteiger partial charge in [0.25, 0.3) is 0 Å². The van der Waals surface area contributed by atoms with Gasteiger partial charge >= 0.3 is 16.4 Å². The van der Waals surface area contributed by atoms with Crippen LogP contribution in [0.1, 0.15) is 18.4 Å². The topological polar surface area (TPSA) is 58.6 Å². The molecule has 0 bridgehead atoms. The zero-order chi connectivity index (χ0) is 17.3. The van der Waals surface area contributed by atoms with Gasteiger partial charge in [0.2, 0.25) is 0 Å². The minimum atomic E-state index is -4.90. The van der Waals surface area contributed by atoms with Crippen molar-refractivity contribution in [2.75, 3.05) is 24.9 Å². The highest BCUT2D eigenvalue weighted by Crippen LogP contribution is 2.33. The molecular formula is C13H16F4N2O3S. The maximum Gasteiger partial charge on any atom is 0.419 e. The van der Waals surface area contributed by atoms with E-state index in [2.05, 4.69) is 4.72 Å². The summed E-state index contributed by atoms with van der Waals surface area (Å²) in [5, 5.41) is 0. The summed E-state index contributed by atoms with van der Waals surface area (Å²) in [5.74, 6) is -1.46. The van der Waals surface area contributed by atoms with Gasteiger partial charge in [0, 0.05) is 20.2 Å².